The highest BCUT2D eigenvalue weighted by molar-refractivity contribution is 5.96. The van der Waals surface area contributed by atoms with Crippen LogP contribution in [0, 0.1) is 6.92 Å². The maximum atomic E-state index is 4.95. The first-order chi connectivity index (χ1) is 15.2. The highest BCUT2D eigenvalue weighted by Crippen LogP contribution is 2.34. The molecule has 0 saturated heterocycles. The van der Waals surface area contributed by atoms with Gasteiger partial charge in [-0.15, -0.1) is 0 Å². The Morgan fingerprint density at radius 3 is 2.61 bits per heavy atom. The van der Waals surface area contributed by atoms with Gasteiger partial charge in [0.2, 0.25) is 0 Å². The van der Waals surface area contributed by atoms with Crippen LogP contribution in [0.1, 0.15) is 16.8 Å². The first kappa shape index (κ1) is 18.3. The lowest BCUT2D eigenvalue weighted by atomic mass is 9.99. The molecule has 2 aromatic heterocycles. The Morgan fingerprint density at radius 2 is 1.74 bits per heavy atom. The van der Waals surface area contributed by atoms with Crippen molar-refractivity contribution >= 4 is 21.7 Å². The maximum Gasteiger partial charge on any atom is 0.137 e. The minimum Gasteiger partial charge on any atom is -0.302 e. The predicted molar refractivity (Wildman–Crippen MR) is 129 cm³/mol. The first-order valence-electron chi connectivity index (χ1n) is 10.9. The zero-order valence-electron chi connectivity index (χ0n) is 18.0. The van der Waals surface area contributed by atoms with Crippen molar-refractivity contribution in [2.24, 2.45) is 0 Å². The Kier molecular flexibility index (Phi) is 4.18. The smallest absolute Gasteiger partial charge is 0.137 e. The first-order valence-corrected chi connectivity index (χ1v) is 10.9. The summed E-state index contributed by atoms with van der Waals surface area (Å²) in [6.07, 6.45) is 3.07. The van der Waals surface area contributed by atoms with Gasteiger partial charge in [-0.2, -0.15) is 0 Å². The molecule has 1 aliphatic heterocycles. The number of aryl methyl sites for hydroxylation is 1. The largest absolute Gasteiger partial charge is 0.302 e. The molecule has 0 N–H and O–H groups in total. The van der Waals surface area contributed by atoms with Crippen LogP contribution in [0.25, 0.3) is 38.6 Å². The Bertz CT molecular complexity index is 1420. The molecule has 0 fully saturated rings. The summed E-state index contributed by atoms with van der Waals surface area (Å²) in [5, 5.41) is 3.89. The standard InChI is InChI=1S/C28H25N3/c1-19-10-12-26-24(16-19)25-18-30(2)15-14-27(25)31(26)28-13-11-21(17-29-28)23-9-5-7-20-6-3-4-8-22(20)23/h3-13,16-17H,14-15,18H2,1-2H3. The monoisotopic (exact) mass is 403 g/mol. The average Bonchev–Trinajstić information content (AvgIpc) is 3.11. The SMILES string of the molecule is Cc1ccc2c(c1)c1c(n2-c2ccc(-c3cccc4ccccc34)cn2)CCN(C)C1. The molecule has 5 aromatic rings. The molecule has 3 heterocycles. The maximum absolute atomic E-state index is 4.95. The van der Waals surface area contributed by atoms with Crippen LogP contribution in [0.4, 0.5) is 0 Å². The van der Waals surface area contributed by atoms with E-state index in [1.54, 1.807) is 0 Å². The number of hydrogen-bond donors (Lipinski definition) is 0. The van der Waals surface area contributed by atoms with Crippen molar-refractivity contribution in [3.8, 4) is 16.9 Å². The third-order valence-corrected chi connectivity index (χ3v) is 6.57. The summed E-state index contributed by atoms with van der Waals surface area (Å²) in [7, 11) is 2.21. The number of aromatic nitrogens is 2. The molecule has 3 heteroatoms. The van der Waals surface area contributed by atoms with Crippen LogP contribution in [0.15, 0.2) is 79.0 Å². The van der Waals surface area contributed by atoms with E-state index in [4.69, 9.17) is 4.98 Å². The van der Waals surface area contributed by atoms with Crippen LogP contribution in [-0.4, -0.2) is 28.0 Å². The van der Waals surface area contributed by atoms with Gasteiger partial charge in [0.15, 0.2) is 0 Å². The summed E-state index contributed by atoms with van der Waals surface area (Å²) >= 11 is 0. The second-order valence-corrected chi connectivity index (χ2v) is 8.70. The van der Waals surface area contributed by atoms with Crippen LogP contribution >= 0.6 is 0 Å². The molecule has 0 saturated carbocycles. The third kappa shape index (κ3) is 2.96. The van der Waals surface area contributed by atoms with Crippen molar-refractivity contribution in [2.75, 3.05) is 13.6 Å². The van der Waals surface area contributed by atoms with Gasteiger partial charge in [0.1, 0.15) is 5.82 Å². The van der Waals surface area contributed by atoms with E-state index in [0.29, 0.717) is 0 Å². The molecule has 0 amide bonds. The fourth-order valence-electron chi connectivity index (χ4n) is 5.02. The summed E-state index contributed by atoms with van der Waals surface area (Å²) in [5.41, 5.74) is 7.81. The fraction of sp³-hybridized carbons (Fsp3) is 0.179. The molecule has 0 bridgehead atoms. The van der Waals surface area contributed by atoms with Crippen molar-refractivity contribution in [1.29, 1.82) is 0 Å². The van der Waals surface area contributed by atoms with Crippen molar-refractivity contribution < 1.29 is 0 Å². The number of nitrogens with zero attached hydrogens (tertiary/aromatic N) is 3. The van der Waals surface area contributed by atoms with Crippen LogP contribution in [0.5, 0.6) is 0 Å². The van der Waals surface area contributed by atoms with Crippen LogP contribution < -0.4 is 0 Å². The van der Waals surface area contributed by atoms with Gasteiger partial charge in [-0.05, 0) is 60.1 Å². The normalized spacial score (nSPS) is 14.3. The minimum absolute atomic E-state index is 0.996. The summed E-state index contributed by atoms with van der Waals surface area (Å²) in [6.45, 7) is 4.25. The zero-order valence-corrected chi connectivity index (χ0v) is 18.0. The van der Waals surface area contributed by atoms with Crippen molar-refractivity contribution in [3.05, 3.63) is 95.8 Å². The predicted octanol–water partition coefficient (Wildman–Crippen LogP) is 6.14. The Balaban J connectivity index is 1.50. The highest BCUT2D eigenvalue weighted by Gasteiger charge is 2.23. The van der Waals surface area contributed by atoms with Gasteiger partial charge in [0.05, 0.1) is 5.52 Å². The van der Waals surface area contributed by atoms with Gasteiger partial charge in [0, 0.05) is 42.4 Å². The number of pyridine rings is 1. The molecule has 0 radical (unpaired) electrons. The second kappa shape index (κ2) is 7.07. The van der Waals surface area contributed by atoms with Gasteiger partial charge in [0.25, 0.3) is 0 Å². The van der Waals surface area contributed by atoms with Crippen molar-refractivity contribution in [2.45, 2.75) is 19.9 Å². The molecule has 6 rings (SSSR count). The van der Waals surface area contributed by atoms with Gasteiger partial charge in [-0.3, -0.25) is 4.57 Å². The molecule has 3 aromatic carbocycles. The second-order valence-electron chi connectivity index (χ2n) is 8.70. The molecule has 0 atom stereocenters. The van der Waals surface area contributed by atoms with E-state index in [1.807, 2.05) is 6.20 Å². The summed E-state index contributed by atoms with van der Waals surface area (Å²) in [5.74, 6) is 1.00. The summed E-state index contributed by atoms with van der Waals surface area (Å²) in [6, 6.07) is 26.2. The van der Waals surface area contributed by atoms with E-state index >= 15 is 0 Å². The lowest BCUT2D eigenvalue weighted by Gasteiger charge is -2.24. The number of likely N-dealkylation sites (N-methyl/N-ethyl adjacent to an activating group) is 1. The highest BCUT2D eigenvalue weighted by atomic mass is 15.1. The molecule has 3 nitrogen and oxygen atoms in total. The van der Waals surface area contributed by atoms with E-state index in [0.717, 1.165) is 30.9 Å². The Labute approximate surface area is 182 Å². The number of rotatable bonds is 2. The lowest BCUT2D eigenvalue weighted by Crippen LogP contribution is -2.27. The minimum atomic E-state index is 0.996. The molecule has 1 aliphatic rings. The molecule has 0 aliphatic carbocycles. The Hall–Kier alpha value is -3.43. The van der Waals surface area contributed by atoms with E-state index in [9.17, 15) is 0 Å². The quantitative estimate of drug-likeness (QED) is 0.353. The van der Waals surface area contributed by atoms with Crippen LogP contribution in [0.3, 0.4) is 0 Å². The number of hydrogen-bond acceptors (Lipinski definition) is 2. The molecule has 152 valence electrons. The fourth-order valence-corrected chi connectivity index (χ4v) is 5.02. The van der Waals surface area contributed by atoms with Crippen LogP contribution in [-0.2, 0) is 13.0 Å². The number of fused-ring (bicyclic) bond motifs is 4. The van der Waals surface area contributed by atoms with E-state index in [-0.39, 0.29) is 0 Å². The van der Waals surface area contributed by atoms with Gasteiger partial charge in [-0.25, -0.2) is 4.98 Å². The topological polar surface area (TPSA) is 21.1 Å². The Morgan fingerprint density at radius 1 is 0.871 bits per heavy atom. The molecule has 31 heavy (non-hydrogen) atoms. The summed E-state index contributed by atoms with van der Waals surface area (Å²) in [4.78, 5) is 7.36. The van der Waals surface area contributed by atoms with Gasteiger partial charge in [-0.1, -0.05) is 54.1 Å². The zero-order chi connectivity index (χ0) is 20.9. The van der Waals surface area contributed by atoms with Crippen LogP contribution in [0.2, 0.25) is 0 Å². The van der Waals surface area contributed by atoms with Crippen molar-refractivity contribution in [1.82, 2.24) is 14.5 Å². The average molecular weight is 404 g/mol. The molecule has 0 unspecified atom stereocenters. The summed E-state index contributed by atoms with van der Waals surface area (Å²) < 4.78 is 2.38. The van der Waals surface area contributed by atoms with Crippen molar-refractivity contribution in [3.63, 3.8) is 0 Å². The molecular formula is C28H25N3. The number of benzene rings is 3. The molecule has 0 spiro atoms. The molecular weight excluding hydrogens is 378 g/mol. The third-order valence-electron chi connectivity index (χ3n) is 6.57. The van der Waals surface area contributed by atoms with E-state index in [1.165, 1.54) is 44.1 Å². The van der Waals surface area contributed by atoms with Gasteiger partial charge < -0.3 is 4.90 Å². The van der Waals surface area contributed by atoms with Gasteiger partial charge >= 0.3 is 0 Å². The van der Waals surface area contributed by atoms with E-state index in [2.05, 4.69) is 96.2 Å². The van der Waals surface area contributed by atoms with E-state index < -0.39 is 0 Å². The lowest BCUT2D eigenvalue weighted by molar-refractivity contribution is 0.311.